The topological polar surface area (TPSA) is 111 Å². The van der Waals surface area contributed by atoms with Crippen LogP contribution in [0.4, 0.5) is 5.69 Å². The molecule has 0 bridgehead atoms. The van der Waals surface area contributed by atoms with Gasteiger partial charge in [0.15, 0.2) is 5.82 Å². The molecular formula is C27H25N9S. The Bertz CT molecular complexity index is 1760. The Labute approximate surface area is 217 Å². The summed E-state index contributed by atoms with van der Waals surface area (Å²) in [5, 5.41) is 11.9. The fraction of sp³-hybridized carbons (Fsp3) is 0.148. The van der Waals surface area contributed by atoms with Crippen LogP contribution in [0.2, 0.25) is 0 Å². The zero-order valence-electron chi connectivity index (χ0n) is 20.7. The van der Waals surface area contributed by atoms with Crippen molar-refractivity contribution >= 4 is 39.0 Å². The van der Waals surface area contributed by atoms with Gasteiger partial charge in [0.05, 0.1) is 39.7 Å². The maximum absolute atomic E-state index is 4.91. The first-order valence-electron chi connectivity index (χ1n) is 11.8. The van der Waals surface area contributed by atoms with Crippen LogP contribution in [-0.4, -0.2) is 60.7 Å². The highest BCUT2D eigenvalue weighted by molar-refractivity contribution is 7.15. The number of imidazole rings is 1. The maximum atomic E-state index is 4.91. The summed E-state index contributed by atoms with van der Waals surface area (Å²) in [6, 6.07) is 10.2. The zero-order valence-corrected chi connectivity index (χ0v) is 21.5. The molecule has 6 rings (SSSR count). The second-order valence-corrected chi connectivity index (χ2v) is 10.5. The fourth-order valence-electron chi connectivity index (χ4n) is 4.32. The van der Waals surface area contributed by atoms with E-state index in [9.17, 15) is 0 Å². The van der Waals surface area contributed by atoms with E-state index < -0.39 is 0 Å². The van der Waals surface area contributed by atoms with Crippen molar-refractivity contribution < 1.29 is 0 Å². The number of anilines is 1. The standard InChI is InChI=1S/C27H25N9S/c1-15(14-36(3)4)31-18-9-17(11-28-12-18)21-10-19-22(13-30-21)34-35-24(19)27-32-20-7-8-29-26(25(20)33-27)23-6-5-16(2)37-23/h5-13,31H,1,14H2,2-4H3,(H,32,33)(H,34,35). The van der Waals surface area contributed by atoms with Gasteiger partial charge < -0.3 is 15.2 Å². The lowest BCUT2D eigenvalue weighted by atomic mass is 10.1. The lowest BCUT2D eigenvalue weighted by Crippen LogP contribution is -2.18. The Balaban J connectivity index is 1.38. The van der Waals surface area contributed by atoms with Gasteiger partial charge >= 0.3 is 0 Å². The van der Waals surface area contributed by atoms with E-state index in [2.05, 4.69) is 66.0 Å². The predicted molar refractivity (Wildman–Crippen MR) is 149 cm³/mol. The molecule has 3 N–H and O–H groups in total. The molecule has 0 atom stereocenters. The number of rotatable bonds is 7. The third-order valence-corrected chi connectivity index (χ3v) is 6.92. The van der Waals surface area contributed by atoms with Gasteiger partial charge in [-0.05, 0) is 51.4 Å². The van der Waals surface area contributed by atoms with Crippen LogP contribution in [0.25, 0.3) is 55.3 Å². The highest BCUT2D eigenvalue weighted by Gasteiger charge is 2.17. The van der Waals surface area contributed by atoms with Crippen molar-refractivity contribution in [2.24, 2.45) is 0 Å². The van der Waals surface area contributed by atoms with Crippen LogP contribution in [0, 0.1) is 6.92 Å². The van der Waals surface area contributed by atoms with Gasteiger partial charge in [0.2, 0.25) is 0 Å². The molecule has 0 saturated carbocycles. The molecule has 6 aromatic rings. The minimum absolute atomic E-state index is 0.675. The molecule has 0 aliphatic rings. The van der Waals surface area contributed by atoms with Crippen molar-refractivity contribution in [1.29, 1.82) is 0 Å². The molecule has 6 heterocycles. The first kappa shape index (κ1) is 23.0. The molecular weight excluding hydrogens is 482 g/mol. The zero-order chi connectivity index (χ0) is 25.5. The van der Waals surface area contributed by atoms with Crippen LogP contribution in [0.3, 0.4) is 0 Å². The number of pyridine rings is 3. The quantitative estimate of drug-likeness (QED) is 0.262. The Morgan fingerprint density at radius 3 is 2.76 bits per heavy atom. The highest BCUT2D eigenvalue weighted by atomic mass is 32.1. The molecule has 0 unspecified atom stereocenters. The number of likely N-dealkylation sites (N-methyl/N-ethyl adjacent to an activating group) is 1. The van der Waals surface area contributed by atoms with Gasteiger partial charge in [0.1, 0.15) is 16.9 Å². The SMILES string of the molecule is C=C(CN(C)C)Nc1cncc(-c2cc3c(-c4nc5c(-c6ccc(C)s6)nccc5[nH]4)n[nH]c3cn2)c1. The molecule has 0 fully saturated rings. The molecule has 0 spiro atoms. The van der Waals surface area contributed by atoms with E-state index in [4.69, 9.17) is 4.98 Å². The summed E-state index contributed by atoms with van der Waals surface area (Å²) in [7, 11) is 4.01. The molecule has 9 nitrogen and oxygen atoms in total. The summed E-state index contributed by atoms with van der Waals surface area (Å²) in [4.78, 5) is 26.4. The van der Waals surface area contributed by atoms with Crippen LogP contribution in [-0.2, 0) is 0 Å². The van der Waals surface area contributed by atoms with E-state index in [0.717, 1.165) is 67.4 Å². The minimum Gasteiger partial charge on any atom is -0.357 e. The van der Waals surface area contributed by atoms with Gasteiger partial charge in [-0.25, -0.2) is 4.98 Å². The van der Waals surface area contributed by atoms with Crippen LogP contribution < -0.4 is 5.32 Å². The third-order valence-electron chi connectivity index (χ3n) is 5.91. The molecule has 6 aromatic heterocycles. The number of aromatic amines is 2. The van der Waals surface area contributed by atoms with Crippen LogP contribution >= 0.6 is 11.3 Å². The number of nitrogens with one attached hydrogen (secondary N) is 3. The molecule has 0 aliphatic heterocycles. The van der Waals surface area contributed by atoms with E-state index >= 15 is 0 Å². The summed E-state index contributed by atoms with van der Waals surface area (Å²) in [6.07, 6.45) is 7.17. The van der Waals surface area contributed by atoms with E-state index in [1.807, 2.05) is 32.3 Å². The van der Waals surface area contributed by atoms with Crippen LogP contribution in [0.1, 0.15) is 4.88 Å². The summed E-state index contributed by atoms with van der Waals surface area (Å²) < 4.78 is 0. The average molecular weight is 508 g/mol. The molecule has 37 heavy (non-hydrogen) atoms. The van der Waals surface area contributed by atoms with Crippen LogP contribution in [0.5, 0.6) is 0 Å². The van der Waals surface area contributed by atoms with Crippen molar-refractivity contribution in [3.8, 4) is 33.3 Å². The van der Waals surface area contributed by atoms with Crippen molar-refractivity contribution in [3.63, 3.8) is 0 Å². The van der Waals surface area contributed by atoms with Gasteiger partial charge in [-0.1, -0.05) is 6.58 Å². The largest absolute Gasteiger partial charge is 0.357 e. The van der Waals surface area contributed by atoms with Crippen molar-refractivity contribution in [1.82, 2.24) is 40.0 Å². The summed E-state index contributed by atoms with van der Waals surface area (Å²) in [5.41, 5.74) is 7.59. The first-order valence-corrected chi connectivity index (χ1v) is 12.6. The Kier molecular flexibility index (Phi) is 5.74. The van der Waals surface area contributed by atoms with Gasteiger partial charge in [0, 0.05) is 40.5 Å². The summed E-state index contributed by atoms with van der Waals surface area (Å²) >= 11 is 1.71. The third kappa shape index (κ3) is 4.48. The molecule has 0 aliphatic carbocycles. The monoisotopic (exact) mass is 507 g/mol. The minimum atomic E-state index is 0.675. The highest BCUT2D eigenvalue weighted by Crippen LogP contribution is 2.34. The number of H-pyrrole nitrogens is 2. The Hall–Kier alpha value is -4.41. The Morgan fingerprint density at radius 1 is 1.05 bits per heavy atom. The van der Waals surface area contributed by atoms with Crippen molar-refractivity contribution in [3.05, 3.63) is 72.3 Å². The summed E-state index contributed by atoms with van der Waals surface area (Å²) in [6.45, 7) is 6.91. The number of aromatic nitrogens is 7. The lowest BCUT2D eigenvalue weighted by molar-refractivity contribution is 0.447. The van der Waals surface area contributed by atoms with Crippen molar-refractivity contribution in [2.75, 3.05) is 26.0 Å². The molecule has 0 aromatic carbocycles. The average Bonchev–Trinajstić information content (AvgIpc) is 3.60. The number of fused-ring (bicyclic) bond motifs is 2. The van der Waals surface area contributed by atoms with Crippen LogP contribution in [0.15, 0.2) is 67.4 Å². The van der Waals surface area contributed by atoms with Gasteiger partial charge in [-0.15, -0.1) is 11.3 Å². The second kappa shape index (κ2) is 9.23. The molecule has 10 heteroatoms. The maximum Gasteiger partial charge on any atom is 0.159 e. The summed E-state index contributed by atoms with van der Waals surface area (Å²) in [5.74, 6) is 0.675. The number of hydrogen-bond acceptors (Lipinski definition) is 8. The van der Waals surface area contributed by atoms with E-state index in [1.54, 1.807) is 36.1 Å². The fourth-order valence-corrected chi connectivity index (χ4v) is 5.18. The van der Waals surface area contributed by atoms with E-state index in [0.29, 0.717) is 5.82 Å². The van der Waals surface area contributed by atoms with Gasteiger partial charge in [-0.2, -0.15) is 5.10 Å². The predicted octanol–water partition coefficient (Wildman–Crippen LogP) is 5.48. The molecule has 0 radical (unpaired) electrons. The molecule has 184 valence electrons. The molecule has 0 amide bonds. The van der Waals surface area contributed by atoms with Gasteiger partial charge in [0.25, 0.3) is 0 Å². The smallest absolute Gasteiger partial charge is 0.159 e. The first-order chi connectivity index (χ1) is 17.9. The van der Waals surface area contributed by atoms with Gasteiger partial charge in [-0.3, -0.25) is 20.1 Å². The number of hydrogen-bond donors (Lipinski definition) is 3. The van der Waals surface area contributed by atoms with E-state index in [1.165, 1.54) is 4.88 Å². The number of aryl methyl sites for hydroxylation is 1. The normalized spacial score (nSPS) is 11.6. The number of nitrogens with zero attached hydrogens (tertiary/aromatic N) is 6. The number of thiophene rings is 1. The molecule has 0 saturated heterocycles. The second-order valence-electron chi connectivity index (χ2n) is 9.17. The lowest BCUT2D eigenvalue weighted by Gasteiger charge is -2.14. The Morgan fingerprint density at radius 2 is 1.95 bits per heavy atom. The van der Waals surface area contributed by atoms with Crippen molar-refractivity contribution in [2.45, 2.75) is 6.92 Å². The van der Waals surface area contributed by atoms with E-state index in [-0.39, 0.29) is 0 Å².